The molecular formula is C19H23F3N2O5S. The van der Waals surface area contributed by atoms with Crippen LogP contribution in [0.3, 0.4) is 0 Å². The van der Waals surface area contributed by atoms with Crippen molar-refractivity contribution in [3.05, 3.63) is 40.2 Å². The minimum absolute atomic E-state index is 0.109. The van der Waals surface area contributed by atoms with Crippen LogP contribution in [0.4, 0.5) is 13.2 Å². The molecule has 0 aromatic carbocycles. The normalized spacial score (nSPS) is 24.2. The molecule has 2 aromatic heterocycles. The van der Waals surface area contributed by atoms with Crippen molar-refractivity contribution in [2.24, 2.45) is 0 Å². The monoisotopic (exact) mass is 448 g/mol. The molecule has 2 aliphatic rings. The lowest BCUT2D eigenvalue weighted by molar-refractivity contribution is -0.192. The van der Waals surface area contributed by atoms with E-state index < -0.39 is 12.1 Å². The fourth-order valence-electron chi connectivity index (χ4n) is 3.60. The van der Waals surface area contributed by atoms with E-state index in [-0.39, 0.29) is 12.2 Å². The van der Waals surface area contributed by atoms with E-state index in [1.54, 1.807) is 17.6 Å². The van der Waals surface area contributed by atoms with Gasteiger partial charge in [0.05, 0.1) is 36.2 Å². The molecule has 2 aromatic rings. The number of aromatic nitrogens is 1. The van der Waals surface area contributed by atoms with Gasteiger partial charge >= 0.3 is 12.1 Å². The number of nitrogens with zero attached hydrogens (tertiary/aromatic N) is 2. The standard InChI is InChI=1S/C17H22N2O3S.C2HF3O2/c1-12-18-13(11-23-12)10-22-16-9-19(8-14-4-2-6-20-14)15-5-3-7-21-17(15)16;3-2(4,5)1(6)7/h2,4,6,11,15-17H,3,5,7-10H2,1H3;(H,6,7)/t15-,16+,17+;/m1./s1. The minimum atomic E-state index is -5.08. The maximum absolute atomic E-state index is 10.6. The number of alkyl halides is 3. The van der Waals surface area contributed by atoms with Crippen LogP contribution in [0, 0.1) is 6.92 Å². The maximum atomic E-state index is 10.6. The first-order valence-electron chi connectivity index (χ1n) is 9.45. The van der Waals surface area contributed by atoms with Gasteiger partial charge in [-0.1, -0.05) is 0 Å². The maximum Gasteiger partial charge on any atom is 0.490 e. The molecule has 1 N–H and O–H groups in total. The van der Waals surface area contributed by atoms with Crippen LogP contribution in [0.1, 0.15) is 29.3 Å². The lowest BCUT2D eigenvalue weighted by Gasteiger charge is -2.31. The third kappa shape index (κ3) is 6.03. The highest BCUT2D eigenvalue weighted by Crippen LogP contribution is 2.32. The summed E-state index contributed by atoms with van der Waals surface area (Å²) in [5.41, 5.74) is 1.02. The first-order valence-corrected chi connectivity index (χ1v) is 10.3. The van der Waals surface area contributed by atoms with Gasteiger partial charge in [0.15, 0.2) is 0 Å². The van der Waals surface area contributed by atoms with Crippen LogP contribution >= 0.6 is 11.3 Å². The van der Waals surface area contributed by atoms with Gasteiger partial charge in [-0.15, -0.1) is 11.3 Å². The van der Waals surface area contributed by atoms with Crippen LogP contribution in [-0.4, -0.2) is 58.5 Å². The highest BCUT2D eigenvalue weighted by atomic mass is 32.1. The number of aliphatic carboxylic acids is 1. The molecule has 4 heterocycles. The Hall–Kier alpha value is -1.95. The van der Waals surface area contributed by atoms with Crippen LogP contribution in [0.5, 0.6) is 0 Å². The van der Waals surface area contributed by atoms with E-state index >= 15 is 0 Å². The highest BCUT2D eigenvalue weighted by Gasteiger charge is 2.44. The summed E-state index contributed by atoms with van der Waals surface area (Å²) in [5.74, 6) is -1.75. The molecule has 7 nitrogen and oxygen atoms in total. The number of rotatable bonds is 5. The van der Waals surface area contributed by atoms with Crippen molar-refractivity contribution in [2.45, 2.75) is 57.3 Å². The Balaban J connectivity index is 0.000000318. The van der Waals surface area contributed by atoms with E-state index in [4.69, 9.17) is 23.8 Å². The van der Waals surface area contributed by atoms with E-state index in [1.807, 2.05) is 19.1 Å². The molecule has 2 fully saturated rings. The van der Waals surface area contributed by atoms with Crippen molar-refractivity contribution >= 4 is 17.3 Å². The number of likely N-dealkylation sites (tertiary alicyclic amines) is 1. The van der Waals surface area contributed by atoms with Gasteiger partial charge in [0.1, 0.15) is 11.9 Å². The van der Waals surface area contributed by atoms with Gasteiger partial charge in [-0.3, -0.25) is 4.90 Å². The van der Waals surface area contributed by atoms with Crippen molar-refractivity contribution in [2.75, 3.05) is 13.2 Å². The molecule has 0 aliphatic carbocycles. The number of ether oxygens (including phenoxy) is 2. The molecule has 2 aliphatic heterocycles. The van der Waals surface area contributed by atoms with Crippen LogP contribution in [0.2, 0.25) is 0 Å². The zero-order valence-electron chi connectivity index (χ0n) is 16.3. The summed E-state index contributed by atoms with van der Waals surface area (Å²) >= 11 is 1.67. The third-order valence-corrected chi connectivity index (χ3v) is 5.70. The third-order valence-electron chi connectivity index (χ3n) is 4.88. The van der Waals surface area contributed by atoms with Crippen LogP contribution in [0.15, 0.2) is 28.2 Å². The molecule has 0 unspecified atom stereocenters. The van der Waals surface area contributed by atoms with Gasteiger partial charge in [0, 0.05) is 24.6 Å². The van der Waals surface area contributed by atoms with E-state index in [1.165, 1.54) is 6.42 Å². The summed E-state index contributed by atoms with van der Waals surface area (Å²) in [6, 6.07) is 4.40. The smallest absolute Gasteiger partial charge is 0.475 e. The quantitative estimate of drug-likeness (QED) is 0.748. The zero-order valence-corrected chi connectivity index (χ0v) is 17.1. The second-order valence-corrected chi connectivity index (χ2v) is 8.13. The Bertz CT molecular complexity index is 811. The van der Waals surface area contributed by atoms with E-state index in [9.17, 15) is 13.2 Å². The van der Waals surface area contributed by atoms with Crippen LogP contribution < -0.4 is 0 Å². The average molecular weight is 448 g/mol. The number of halogens is 3. The Morgan fingerprint density at radius 1 is 1.47 bits per heavy atom. The summed E-state index contributed by atoms with van der Waals surface area (Å²) in [5, 5.41) is 10.3. The van der Waals surface area contributed by atoms with E-state index in [0.29, 0.717) is 12.6 Å². The summed E-state index contributed by atoms with van der Waals surface area (Å²) in [7, 11) is 0. The van der Waals surface area contributed by atoms with Crippen LogP contribution in [0.25, 0.3) is 0 Å². The molecule has 30 heavy (non-hydrogen) atoms. The topological polar surface area (TPSA) is 85.0 Å². The molecule has 0 radical (unpaired) electrons. The number of hydrogen-bond acceptors (Lipinski definition) is 7. The molecule has 4 rings (SSSR count). The Kier molecular flexibility index (Phi) is 7.50. The number of carbonyl (C=O) groups is 1. The van der Waals surface area contributed by atoms with E-state index in [2.05, 4.69) is 15.3 Å². The zero-order chi connectivity index (χ0) is 21.7. The van der Waals surface area contributed by atoms with Gasteiger partial charge < -0.3 is 19.0 Å². The van der Waals surface area contributed by atoms with Crippen molar-refractivity contribution in [1.82, 2.24) is 9.88 Å². The van der Waals surface area contributed by atoms with Crippen molar-refractivity contribution in [3.63, 3.8) is 0 Å². The Labute approximate surface area is 175 Å². The molecule has 2 saturated heterocycles. The van der Waals surface area contributed by atoms with Gasteiger partial charge in [-0.2, -0.15) is 13.2 Å². The van der Waals surface area contributed by atoms with Crippen molar-refractivity contribution in [3.8, 4) is 0 Å². The van der Waals surface area contributed by atoms with Crippen molar-refractivity contribution < 1.29 is 37.0 Å². The number of carboxylic acids is 1. The molecule has 0 saturated carbocycles. The number of aryl methyl sites for hydroxylation is 1. The predicted molar refractivity (Wildman–Crippen MR) is 101 cm³/mol. The number of carboxylic acid groups (broad SMARTS) is 1. The predicted octanol–water partition coefficient (Wildman–Crippen LogP) is 3.63. The first kappa shape index (κ1) is 22.7. The number of furan rings is 1. The summed E-state index contributed by atoms with van der Waals surface area (Å²) < 4.78 is 49.5. The molecule has 0 spiro atoms. The average Bonchev–Trinajstić information content (AvgIpc) is 3.42. The molecule has 11 heteroatoms. The van der Waals surface area contributed by atoms with Gasteiger partial charge in [-0.05, 0) is 31.9 Å². The fourth-order valence-corrected chi connectivity index (χ4v) is 4.20. The molecule has 0 bridgehead atoms. The summed E-state index contributed by atoms with van der Waals surface area (Å²) in [6.45, 7) is 5.14. The molecular weight excluding hydrogens is 425 g/mol. The SMILES string of the molecule is Cc1nc(CO[C@H]2CN(Cc3ccco3)[C@@H]3CCCO[C@H]23)cs1.O=C(O)C(F)(F)F. The molecule has 166 valence electrons. The minimum Gasteiger partial charge on any atom is -0.475 e. The fraction of sp³-hybridized carbons (Fsp3) is 0.579. The number of thiazole rings is 1. The van der Waals surface area contributed by atoms with Gasteiger partial charge in [0.2, 0.25) is 0 Å². The summed E-state index contributed by atoms with van der Waals surface area (Å²) in [6.07, 6.45) is -0.788. The first-order chi connectivity index (χ1) is 14.2. The largest absolute Gasteiger partial charge is 0.490 e. The van der Waals surface area contributed by atoms with E-state index in [0.717, 1.165) is 42.6 Å². The Morgan fingerprint density at radius 3 is 2.83 bits per heavy atom. The highest BCUT2D eigenvalue weighted by molar-refractivity contribution is 7.09. The van der Waals surface area contributed by atoms with Crippen molar-refractivity contribution in [1.29, 1.82) is 0 Å². The van der Waals surface area contributed by atoms with Crippen LogP contribution in [-0.2, 0) is 27.4 Å². The lowest BCUT2D eigenvalue weighted by atomic mass is 10.0. The number of hydrogen-bond donors (Lipinski definition) is 1. The van der Waals surface area contributed by atoms with Gasteiger partial charge in [0.25, 0.3) is 0 Å². The Morgan fingerprint density at radius 2 is 2.23 bits per heavy atom. The van der Waals surface area contributed by atoms with Gasteiger partial charge in [-0.25, -0.2) is 9.78 Å². The second-order valence-electron chi connectivity index (χ2n) is 7.06. The lowest BCUT2D eigenvalue weighted by Crippen LogP contribution is -2.41. The second kappa shape index (κ2) is 9.90. The number of fused-ring (bicyclic) bond motifs is 1. The molecule has 3 atom stereocenters. The molecule has 0 amide bonds. The summed E-state index contributed by atoms with van der Waals surface area (Å²) in [4.78, 5) is 15.8.